The van der Waals surface area contributed by atoms with Crippen molar-refractivity contribution in [3.05, 3.63) is 42.4 Å². The van der Waals surface area contributed by atoms with E-state index in [1.54, 1.807) is 6.20 Å². The first-order valence-corrected chi connectivity index (χ1v) is 7.17. The predicted molar refractivity (Wildman–Crippen MR) is 96.0 cm³/mol. The Morgan fingerprint density at radius 2 is 2.00 bits per heavy atom. The third kappa shape index (κ3) is 7.50. The van der Waals surface area contributed by atoms with Crippen molar-refractivity contribution < 1.29 is 9.21 Å². The van der Waals surface area contributed by atoms with Gasteiger partial charge in [-0.05, 0) is 13.3 Å². The largest absolute Gasteiger partial charge is 0.441 e. The lowest BCUT2D eigenvalue weighted by Crippen LogP contribution is -2.29. The van der Waals surface area contributed by atoms with Gasteiger partial charge in [-0.2, -0.15) is 0 Å². The van der Waals surface area contributed by atoms with E-state index in [1.807, 2.05) is 37.3 Å². The summed E-state index contributed by atoms with van der Waals surface area (Å²) in [6.07, 6.45) is 3.34. The van der Waals surface area contributed by atoms with Crippen LogP contribution in [0.5, 0.6) is 0 Å². The zero-order chi connectivity index (χ0) is 15.1. The highest BCUT2D eigenvalue weighted by Crippen LogP contribution is 2.20. The molecule has 0 aliphatic carbocycles. The lowest BCUT2D eigenvalue weighted by Gasteiger charge is -2.06. The molecule has 0 radical (unpaired) electrons. The SMILES string of the molecule is CC(N)CCNC(=O)CCc1ncc(-c2ccccc2)o1.Cl.Cl. The number of aromatic nitrogens is 1. The van der Waals surface area contributed by atoms with Crippen LogP contribution in [0.1, 0.15) is 25.7 Å². The van der Waals surface area contributed by atoms with E-state index >= 15 is 0 Å². The molecule has 1 atom stereocenters. The number of carbonyl (C=O) groups excluding carboxylic acids is 1. The van der Waals surface area contributed by atoms with Crippen molar-refractivity contribution in [3.63, 3.8) is 0 Å². The van der Waals surface area contributed by atoms with Gasteiger partial charge in [-0.25, -0.2) is 4.98 Å². The molecular weight excluding hydrogens is 337 g/mol. The molecule has 0 aliphatic rings. The fraction of sp³-hybridized carbons (Fsp3) is 0.375. The second-order valence-corrected chi connectivity index (χ2v) is 5.10. The van der Waals surface area contributed by atoms with Crippen LogP contribution in [0.3, 0.4) is 0 Å². The molecule has 3 N–H and O–H groups in total. The molecule has 23 heavy (non-hydrogen) atoms. The highest BCUT2D eigenvalue weighted by atomic mass is 35.5. The third-order valence-corrected chi connectivity index (χ3v) is 3.10. The topological polar surface area (TPSA) is 81.1 Å². The second kappa shape index (κ2) is 11.0. The Balaban J connectivity index is 0.00000242. The van der Waals surface area contributed by atoms with Gasteiger partial charge in [0.1, 0.15) is 0 Å². The van der Waals surface area contributed by atoms with Crippen molar-refractivity contribution in [2.45, 2.75) is 32.2 Å². The standard InChI is InChI=1S/C16H21N3O2.2ClH/c1-12(17)9-10-18-15(20)7-8-16-19-11-14(21-16)13-5-3-2-4-6-13;;/h2-6,11-12H,7-10,17H2,1H3,(H,18,20);2*1H. The number of nitrogens with one attached hydrogen (secondary N) is 1. The van der Waals surface area contributed by atoms with Crippen molar-refractivity contribution in [3.8, 4) is 11.3 Å². The normalized spacial score (nSPS) is 11.0. The van der Waals surface area contributed by atoms with Gasteiger partial charge in [-0.3, -0.25) is 4.79 Å². The van der Waals surface area contributed by atoms with Crippen molar-refractivity contribution in [2.24, 2.45) is 5.73 Å². The van der Waals surface area contributed by atoms with E-state index in [-0.39, 0.29) is 36.8 Å². The zero-order valence-corrected chi connectivity index (χ0v) is 14.7. The van der Waals surface area contributed by atoms with Gasteiger partial charge >= 0.3 is 0 Å². The maximum absolute atomic E-state index is 11.7. The average molecular weight is 360 g/mol. The van der Waals surface area contributed by atoms with E-state index in [4.69, 9.17) is 10.2 Å². The predicted octanol–water partition coefficient (Wildman–Crippen LogP) is 2.97. The summed E-state index contributed by atoms with van der Waals surface area (Å²) < 4.78 is 5.65. The first-order valence-electron chi connectivity index (χ1n) is 7.17. The molecule has 5 nitrogen and oxygen atoms in total. The maximum atomic E-state index is 11.7. The number of hydrogen-bond donors (Lipinski definition) is 2. The highest BCUT2D eigenvalue weighted by molar-refractivity contribution is 5.85. The number of nitrogens with two attached hydrogens (primary N) is 1. The third-order valence-electron chi connectivity index (χ3n) is 3.10. The molecule has 2 aromatic rings. The van der Waals surface area contributed by atoms with Crippen LogP contribution in [0, 0.1) is 0 Å². The lowest BCUT2D eigenvalue weighted by atomic mass is 10.2. The molecule has 0 bridgehead atoms. The van der Waals surface area contributed by atoms with Gasteiger partial charge in [0.25, 0.3) is 0 Å². The molecule has 0 aliphatic heterocycles. The van der Waals surface area contributed by atoms with Crippen LogP contribution in [0.25, 0.3) is 11.3 Å². The van der Waals surface area contributed by atoms with Crippen LogP contribution in [0.15, 0.2) is 40.9 Å². The fourth-order valence-electron chi connectivity index (χ4n) is 1.91. The average Bonchev–Trinajstić information content (AvgIpc) is 2.94. The Morgan fingerprint density at radius 1 is 1.30 bits per heavy atom. The number of oxazole rings is 1. The van der Waals surface area contributed by atoms with E-state index < -0.39 is 0 Å². The van der Waals surface area contributed by atoms with Gasteiger partial charge in [0.2, 0.25) is 5.91 Å². The molecule has 128 valence electrons. The summed E-state index contributed by atoms with van der Waals surface area (Å²) in [7, 11) is 0. The number of halogens is 2. The van der Waals surface area contributed by atoms with E-state index in [2.05, 4.69) is 10.3 Å². The van der Waals surface area contributed by atoms with Gasteiger partial charge in [-0.15, -0.1) is 24.8 Å². The van der Waals surface area contributed by atoms with Crippen LogP contribution >= 0.6 is 24.8 Å². The summed E-state index contributed by atoms with van der Waals surface area (Å²) in [5.41, 5.74) is 6.61. The van der Waals surface area contributed by atoms with Crippen LogP contribution in [-0.4, -0.2) is 23.5 Å². The molecule has 1 aromatic carbocycles. The Bertz CT molecular complexity index is 574. The van der Waals surface area contributed by atoms with E-state index in [9.17, 15) is 4.79 Å². The molecular formula is C16H23Cl2N3O2. The van der Waals surface area contributed by atoms with E-state index in [0.29, 0.717) is 25.3 Å². The minimum absolute atomic E-state index is 0. The maximum Gasteiger partial charge on any atom is 0.220 e. The van der Waals surface area contributed by atoms with Crippen molar-refractivity contribution in [2.75, 3.05) is 6.54 Å². The minimum Gasteiger partial charge on any atom is -0.441 e. The molecule has 1 aromatic heterocycles. The monoisotopic (exact) mass is 359 g/mol. The molecule has 0 saturated heterocycles. The van der Waals surface area contributed by atoms with E-state index in [1.165, 1.54) is 0 Å². The molecule has 7 heteroatoms. The van der Waals surface area contributed by atoms with Crippen molar-refractivity contribution in [1.29, 1.82) is 0 Å². The van der Waals surface area contributed by atoms with Crippen molar-refractivity contribution >= 4 is 30.7 Å². The summed E-state index contributed by atoms with van der Waals surface area (Å²) in [5.74, 6) is 1.30. The smallest absolute Gasteiger partial charge is 0.220 e. The molecule has 0 fully saturated rings. The molecule has 1 heterocycles. The summed E-state index contributed by atoms with van der Waals surface area (Å²) >= 11 is 0. The highest BCUT2D eigenvalue weighted by Gasteiger charge is 2.08. The molecule has 0 saturated carbocycles. The van der Waals surface area contributed by atoms with Crippen LogP contribution in [0.4, 0.5) is 0 Å². The first-order chi connectivity index (χ1) is 10.1. The Kier molecular flexibility index (Phi) is 10.3. The van der Waals surface area contributed by atoms with Gasteiger partial charge in [0, 0.05) is 31.0 Å². The van der Waals surface area contributed by atoms with Crippen LogP contribution in [-0.2, 0) is 11.2 Å². The van der Waals surface area contributed by atoms with E-state index in [0.717, 1.165) is 17.7 Å². The molecule has 1 unspecified atom stereocenters. The Labute approximate surface area is 148 Å². The van der Waals surface area contributed by atoms with Gasteiger partial charge in [0.05, 0.1) is 6.20 Å². The number of benzene rings is 1. The number of aryl methyl sites for hydroxylation is 1. The lowest BCUT2D eigenvalue weighted by molar-refractivity contribution is -0.121. The number of rotatable bonds is 7. The minimum atomic E-state index is -0.00453. The summed E-state index contributed by atoms with van der Waals surface area (Å²) in [6.45, 7) is 2.53. The van der Waals surface area contributed by atoms with Crippen molar-refractivity contribution in [1.82, 2.24) is 10.3 Å². The number of carbonyl (C=O) groups is 1. The quantitative estimate of drug-likeness (QED) is 0.795. The fourth-order valence-corrected chi connectivity index (χ4v) is 1.91. The number of hydrogen-bond acceptors (Lipinski definition) is 4. The molecule has 0 spiro atoms. The summed E-state index contributed by atoms with van der Waals surface area (Å²) in [4.78, 5) is 15.9. The van der Waals surface area contributed by atoms with Crippen LogP contribution < -0.4 is 11.1 Å². The molecule has 2 rings (SSSR count). The van der Waals surface area contributed by atoms with Gasteiger partial charge in [-0.1, -0.05) is 30.3 Å². The van der Waals surface area contributed by atoms with Gasteiger partial charge in [0.15, 0.2) is 11.7 Å². The summed E-state index contributed by atoms with van der Waals surface area (Å²) in [6, 6.07) is 9.88. The second-order valence-electron chi connectivity index (χ2n) is 5.10. The first kappa shape index (κ1) is 21.4. The van der Waals surface area contributed by atoms with Gasteiger partial charge < -0.3 is 15.5 Å². The Morgan fingerprint density at radius 3 is 2.65 bits per heavy atom. The number of amides is 1. The Hall–Kier alpha value is -1.56. The van der Waals surface area contributed by atoms with Crippen LogP contribution in [0.2, 0.25) is 0 Å². The zero-order valence-electron chi connectivity index (χ0n) is 13.0. The molecule has 1 amide bonds. The summed E-state index contributed by atoms with van der Waals surface area (Å²) in [5, 5.41) is 2.83. The number of nitrogens with zero attached hydrogens (tertiary/aromatic N) is 1.